The number of aryl methyl sites for hydroxylation is 2. The van der Waals surface area contributed by atoms with E-state index in [-0.39, 0.29) is 6.10 Å². The van der Waals surface area contributed by atoms with Gasteiger partial charge >= 0.3 is 0 Å². The van der Waals surface area contributed by atoms with Crippen molar-refractivity contribution < 1.29 is 4.74 Å². The fourth-order valence-electron chi connectivity index (χ4n) is 3.33. The van der Waals surface area contributed by atoms with Crippen molar-refractivity contribution in [3.05, 3.63) is 65.2 Å². The van der Waals surface area contributed by atoms with Crippen LogP contribution in [-0.4, -0.2) is 11.9 Å². The molecule has 0 spiro atoms. The monoisotopic (exact) mass is 326 g/mol. The molecule has 1 aliphatic heterocycles. The number of hydrogen-bond donors (Lipinski definition) is 0. The van der Waals surface area contributed by atoms with Crippen LogP contribution in [0.3, 0.4) is 0 Å². The Morgan fingerprint density at radius 3 is 2.30 bits per heavy atom. The highest BCUT2D eigenvalue weighted by molar-refractivity contribution is 8.00. The molecule has 1 saturated heterocycles. The van der Waals surface area contributed by atoms with E-state index in [4.69, 9.17) is 4.74 Å². The predicted molar refractivity (Wildman–Crippen MR) is 99.2 cm³/mol. The lowest BCUT2D eigenvalue weighted by molar-refractivity contribution is 0.0202. The summed E-state index contributed by atoms with van der Waals surface area (Å²) in [5, 5.41) is 0.504. The number of thioether (sulfide) groups is 1. The number of hydrogen-bond acceptors (Lipinski definition) is 2. The van der Waals surface area contributed by atoms with Gasteiger partial charge < -0.3 is 4.74 Å². The molecule has 2 atom stereocenters. The third-order valence-corrected chi connectivity index (χ3v) is 6.15. The summed E-state index contributed by atoms with van der Waals surface area (Å²) in [6, 6.07) is 17.5. The fraction of sp³-hybridized carbons (Fsp3) is 0.429. The molecule has 1 fully saturated rings. The average Bonchev–Trinajstić information content (AvgIpc) is 2.63. The zero-order chi connectivity index (χ0) is 16.1. The molecule has 0 aromatic heterocycles. The Bertz CT molecular complexity index is 601. The molecule has 0 amide bonds. The summed E-state index contributed by atoms with van der Waals surface area (Å²) in [4.78, 5) is 1.49. The van der Waals surface area contributed by atoms with Gasteiger partial charge in [0.1, 0.15) is 0 Å². The molecule has 0 radical (unpaired) electrons. The molecule has 0 N–H and O–H groups in total. The first-order valence-corrected chi connectivity index (χ1v) is 9.65. The third kappa shape index (κ3) is 3.81. The normalized spacial score (nSPS) is 21.3. The van der Waals surface area contributed by atoms with E-state index in [0.29, 0.717) is 5.25 Å². The van der Waals surface area contributed by atoms with Crippen LogP contribution in [-0.2, 0) is 17.6 Å². The molecule has 2 aromatic carbocycles. The van der Waals surface area contributed by atoms with Crippen molar-refractivity contribution in [1.82, 2.24) is 0 Å². The highest BCUT2D eigenvalue weighted by Gasteiger charge is 2.29. The molecule has 0 unspecified atom stereocenters. The third-order valence-electron chi connectivity index (χ3n) is 4.61. The maximum atomic E-state index is 6.18. The van der Waals surface area contributed by atoms with Crippen LogP contribution in [0.2, 0.25) is 0 Å². The van der Waals surface area contributed by atoms with Crippen LogP contribution in [0.4, 0.5) is 0 Å². The SMILES string of the molecule is CCc1cccc(CC)c1S[C@H]1CCCO[C@@H]1c1ccccc1. The van der Waals surface area contributed by atoms with Crippen LogP contribution < -0.4 is 0 Å². The van der Waals surface area contributed by atoms with Gasteiger partial charge in [0.2, 0.25) is 0 Å². The summed E-state index contributed by atoms with van der Waals surface area (Å²) in [5.41, 5.74) is 4.27. The number of benzene rings is 2. The topological polar surface area (TPSA) is 9.23 Å². The van der Waals surface area contributed by atoms with Crippen molar-refractivity contribution in [3.63, 3.8) is 0 Å². The van der Waals surface area contributed by atoms with Crippen LogP contribution in [0.1, 0.15) is 49.5 Å². The minimum Gasteiger partial charge on any atom is -0.372 e. The van der Waals surface area contributed by atoms with E-state index >= 15 is 0 Å². The zero-order valence-electron chi connectivity index (χ0n) is 14.1. The largest absolute Gasteiger partial charge is 0.372 e. The van der Waals surface area contributed by atoms with Crippen LogP contribution in [0.15, 0.2) is 53.4 Å². The van der Waals surface area contributed by atoms with E-state index < -0.39 is 0 Å². The van der Waals surface area contributed by atoms with E-state index in [0.717, 1.165) is 25.9 Å². The van der Waals surface area contributed by atoms with Gasteiger partial charge in [-0.3, -0.25) is 0 Å². The molecule has 2 heteroatoms. The first kappa shape index (κ1) is 16.6. The Kier molecular flexibility index (Phi) is 5.80. The molecule has 2 aromatic rings. The summed E-state index contributed by atoms with van der Waals surface area (Å²) >= 11 is 2.04. The molecule has 1 aliphatic rings. The quantitative estimate of drug-likeness (QED) is 0.684. The minimum atomic E-state index is 0.213. The summed E-state index contributed by atoms with van der Waals surface area (Å²) in [6.45, 7) is 5.39. The molecule has 0 aliphatic carbocycles. The molecule has 23 heavy (non-hydrogen) atoms. The first-order valence-electron chi connectivity index (χ1n) is 8.77. The van der Waals surface area contributed by atoms with E-state index in [2.05, 4.69) is 62.4 Å². The van der Waals surface area contributed by atoms with Crippen molar-refractivity contribution in [3.8, 4) is 0 Å². The fourth-order valence-corrected chi connectivity index (χ4v) is 5.00. The van der Waals surface area contributed by atoms with Crippen LogP contribution >= 0.6 is 11.8 Å². The molecule has 1 nitrogen and oxygen atoms in total. The van der Waals surface area contributed by atoms with Gasteiger partial charge in [0.25, 0.3) is 0 Å². The molecule has 0 bridgehead atoms. The molecular weight excluding hydrogens is 300 g/mol. The Labute approximate surface area is 144 Å². The highest BCUT2D eigenvalue weighted by atomic mass is 32.2. The van der Waals surface area contributed by atoms with Gasteiger partial charge in [0.15, 0.2) is 0 Å². The maximum absolute atomic E-state index is 6.18. The van der Waals surface area contributed by atoms with Crippen molar-refractivity contribution >= 4 is 11.8 Å². The minimum absolute atomic E-state index is 0.213. The Hall–Kier alpha value is -1.25. The summed E-state index contributed by atoms with van der Waals surface area (Å²) in [5.74, 6) is 0. The average molecular weight is 327 g/mol. The van der Waals surface area contributed by atoms with Gasteiger partial charge in [-0.15, -0.1) is 11.8 Å². The number of rotatable bonds is 5. The summed E-state index contributed by atoms with van der Waals surface area (Å²) in [6.07, 6.45) is 4.80. The molecule has 122 valence electrons. The van der Waals surface area contributed by atoms with Crippen molar-refractivity contribution in [2.45, 2.75) is 55.8 Å². The molecular formula is C21H26OS. The van der Waals surface area contributed by atoms with Gasteiger partial charge in [-0.2, -0.15) is 0 Å². The second kappa shape index (κ2) is 8.03. The Morgan fingerprint density at radius 1 is 0.957 bits per heavy atom. The van der Waals surface area contributed by atoms with Crippen molar-refractivity contribution in [2.24, 2.45) is 0 Å². The second-order valence-corrected chi connectivity index (χ2v) is 7.36. The number of ether oxygens (including phenoxy) is 1. The van der Waals surface area contributed by atoms with Gasteiger partial charge in [0, 0.05) is 16.8 Å². The highest BCUT2D eigenvalue weighted by Crippen LogP contribution is 2.42. The van der Waals surface area contributed by atoms with E-state index in [1.807, 2.05) is 11.8 Å². The molecule has 3 rings (SSSR count). The maximum Gasteiger partial charge on any atom is 0.0946 e. The van der Waals surface area contributed by atoms with Crippen LogP contribution in [0.5, 0.6) is 0 Å². The van der Waals surface area contributed by atoms with E-state index in [1.54, 1.807) is 0 Å². The van der Waals surface area contributed by atoms with Crippen LogP contribution in [0, 0.1) is 0 Å². The van der Waals surface area contributed by atoms with Crippen molar-refractivity contribution in [1.29, 1.82) is 0 Å². The summed E-state index contributed by atoms with van der Waals surface area (Å²) in [7, 11) is 0. The second-order valence-electron chi connectivity index (χ2n) is 6.11. The predicted octanol–water partition coefficient (Wildman–Crippen LogP) is 5.82. The van der Waals surface area contributed by atoms with E-state index in [9.17, 15) is 0 Å². The van der Waals surface area contributed by atoms with Crippen LogP contribution in [0.25, 0.3) is 0 Å². The molecule has 0 saturated carbocycles. The smallest absolute Gasteiger partial charge is 0.0946 e. The Balaban J connectivity index is 1.88. The summed E-state index contributed by atoms with van der Waals surface area (Å²) < 4.78 is 6.18. The lowest BCUT2D eigenvalue weighted by Crippen LogP contribution is -2.25. The lowest BCUT2D eigenvalue weighted by atomic mass is 10.0. The van der Waals surface area contributed by atoms with E-state index in [1.165, 1.54) is 28.0 Å². The lowest BCUT2D eigenvalue weighted by Gasteiger charge is -2.32. The standard InChI is InChI=1S/C21H26OS/c1-3-16-12-8-13-17(4-2)21(16)23-19-14-9-15-22-20(19)18-10-6-5-7-11-18/h5-8,10-13,19-20H,3-4,9,14-15H2,1-2H3/t19-,20+/m0/s1. The van der Waals surface area contributed by atoms with Gasteiger partial charge in [-0.05, 0) is 42.4 Å². The molecule has 1 heterocycles. The Morgan fingerprint density at radius 2 is 1.65 bits per heavy atom. The van der Waals surface area contributed by atoms with Gasteiger partial charge in [-0.25, -0.2) is 0 Å². The zero-order valence-corrected chi connectivity index (χ0v) is 14.9. The van der Waals surface area contributed by atoms with Gasteiger partial charge in [0.05, 0.1) is 6.10 Å². The van der Waals surface area contributed by atoms with Crippen molar-refractivity contribution in [2.75, 3.05) is 6.61 Å². The first-order chi connectivity index (χ1) is 11.3. The van der Waals surface area contributed by atoms with Gasteiger partial charge in [-0.1, -0.05) is 62.4 Å².